The van der Waals surface area contributed by atoms with Crippen LogP contribution < -0.4 is 15.1 Å². The zero-order valence-electron chi connectivity index (χ0n) is 22.4. The van der Waals surface area contributed by atoms with Gasteiger partial charge in [-0.05, 0) is 55.3 Å². The Hall–Kier alpha value is -4.28. The van der Waals surface area contributed by atoms with Crippen molar-refractivity contribution >= 4 is 58.0 Å². The fourth-order valence-electron chi connectivity index (χ4n) is 5.58. The molecule has 42 heavy (non-hydrogen) atoms. The van der Waals surface area contributed by atoms with Gasteiger partial charge in [0.25, 0.3) is 0 Å². The van der Waals surface area contributed by atoms with E-state index in [1.165, 1.54) is 30.0 Å². The lowest BCUT2D eigenvalue weighted by Crippen LogP contribution is -2.36. The normalized spacial score (nSPS) is 18.2. The zero-order chi connectivity index (χ0) is 29.5. The number of carbonyl (C=O) groups is 3. The number of hydrogen-bond donors (Lipinski definition) is 1. The number of rotatable bonds is 5. The molecule has 1 aromatic heterocycles. The molecule has 3 aromatic carbocycles. The molecule has 0 aliphatic carbocycles. The van der Waals surface area contributed by atoms with Gasteiger partial charge in [0.1, 0.15) is 17.4 Å². The highest BCUT2D eigenvalue weighted by atomic mass is 35.5. The fourth-order valence-corrected chi connectivity index (χ4v) is 5.97. The van der Waals surface area contributed by atoms with E-state index in [1.807, 2.05) is 24.3 Å². The van der Waals surface area contributed by atoms with Gasteiger partial charge in [-0.1, -0.05) is 46.6 Å². The summed E-state index contributed by atoms with van der Waals surface area (Å²) >= 11 is 12.3. The maximum absolute atomic E-state index is 15.0. The zero-order valence-corrected chi connectivity index (χ0v) is 23.9. The van der Waals surface area contributed by atoms with Crippen molar-refractivity contribution in [3.05, 3.63) is 88.3 Å². The Balaban J connectivity index is 1.20. The first-order valence-corrected chi connectivity index (χ1v) is 14.1. The molecule has 2 aliphatic rings. The van der Waals surface area contributed by atoms with Crippen molar-refractivity contribution in [3.8, 4) is 11.3 Å². The third kappa shape index (κ3) is 5.12. The molecule has 2 unspecified atom stereocenters. The lowest BCUT2D eigenvalue weighted by molar-refractivity contribution is -0.129. The molecule has 2 atom stereocenters. The second-order valence-electron chi connectivity index (χ2n) is 10.2. The third-order valence-corrected chi connectivity index (χ3v) is 8.21. The number of carbonyl (C=O) groups excluding carboxylic acids is 3. The number of amides is 3. The minimum Gasteiger partial charge on any atom is -0.325 e. The summed E-state index contributed by atoms with van der Waals surface area (Å²) in [6.45, 7) is 2.36. The van der Waals surface area contributed by atoms with E-state index in [2.05, 4.69) is 15.6 Å². The van der Waals surface area contributed by atoms with Gasteiger partial charge in [-0.3, -0.25) is 14.4 Å². The minimum atomic E-state index is -0.935. The number of benzene rings is 3. The van der Waals surface area contributed by atoms with Gasteiger partial charge in [0.15, 0.2) is 0 Å². The standard InChI is InChI=1S/C30H25Cl2FN6O3/c1-17(40)37-13-11-27(20-4-2-3-5-26(20)37)39-16-25(35-36-39)22-15-19(7-9-24(22)33)34-29(41)21-10-12-38(30(21)42)28-14-18(31)6-8-23(28)32/h2-9,14-16,21,27H,10-13H2,1H3,(H,34,41). The summed E-state index contributed by atoms with van der Waals surface area (Å²) in [5.41, 5.74) is 2.94. The number of halogens is 3. The van der Waals surface area contributed by atoms with Gasteiger partial charge < -0.3 is 15.1 Å². The first kappa shape index (κ1) is 27.9. The first-order chi connectivity index (χ1) is 20.2. The molecule has 0 radical (unpaired) electrons. The van der Waals surface area contributed by atoms with E-state index in [1.54, 1.807) is 34.0 Å². The first-order valence-electron chi connectivity index (χ1n) is 13.4. The molecule has 9 nitrogen and oxygen atoms in total. The van der Waals surface area contributed by atoms with Gasteiger partial charge in [0.2, 0.25) is 17.7 Å². The summed E-state index contributed by atoms with van der Waals surface area (Å²) in [5.74, 6) is -2.41. The van der Waals surface area contributed by atoms with Crippen LogP contribution in [0.2, 0.25) is 10.0 Å². The molecule has 3 amide bonds. The van der Waals surface area contributed by atoms with Crippen LogP contribution in [0.5, 0.6) is 0 Å². The number of nitrogens with one attached hydrogen (secondary N) is 1. The molecular formula is C30H25Cl2FN6O3. The van der Waals surface area contributed by atoms with Gasteiger partial charge in [-0.2, -0.15) is 0 Å². The van der Waals surface area contributed by atoms with Gasteiger partial charge in [-0.25, -0.2) is 9.07 Å². The Labute approximate surface area is 250 Å². The summed E-state index contributed by atoms with van der Waals surface area (Å²) in [4.78, 5) is 41.5. The topological polar surface area (TPSA) is 100 Å². The number of anilines is 3. The summed E-state index contributed by atoms with van der Waals surface area (Å²) in [6.07, 6.45) is 2.56. The molecule has 0 spiro atoms. The molecule has 3 heterocycles. The van der Waals surface area contributed by atoms with Crippen LogP contribution in [0.3, 0.4) is 0 Å². The number of aromatic nitrogens is 3. The summed E-state index contributed by atoms with van der Waals surface area (Å²) in [6, 6.07) is 16.4. The van der Waals surface area contributed by atoms with Gasteiger partial charge in [0.05, 0.1) is 22.9 Å². The summed E-state index contributed by atoms with van der Waals surface area (Å²) < 4.78 is 16.6. The Kier molecular flexibility index (Phi) is 7.42. The van der Waals surface area contributed by atoms with Gasteiger partial charge in [-0.15, -0.1) is 5.10 Å². The largest absolute Gasteiger partial charge is 0.325 e. The lowest BCUT2D eigenvalue weighted by atomic mass is 9.96. The average Bonchev–Trinajstić information content (AvgIpc) is 3.62. The van der Waals surface area contributed by atoms with Crippen molar-refractivity contribution in [1.82, 2.24) is 15.0 Å². The van der Waals surface area contributed by atoms with Gasteiger partial charge >= 0.3 is 0 Å². The van der Waals surface area contributed by atoms with Crippen molar-refractivity contribution in [2.24, 2.45) is 5.92 Å². The Morgan fingerprint density at radius 2 is 1.81 bits per heavy atom. The smallest absolute Gasteiger partial charge is 0.239 e. The van der Waals surface area contributed by atoms with Crippen LogP contribution in [0, 0.1) is 11.7 Å². The van der Waals surface area contributed by atoms with E-state index in [4.69, 9.17) is 23.2 Å². The highest BCUT2D eigenvalue weighted by molar-refractivity contribution is 6.36. The molecule has 12 heteroatoms. The SMILES string of the molecule is CC(=O)N1CCC(n2cc(-c3cc(NC(=O)C4CCN(c5cc(Cl)ccc5Cl)C4=O)ccc3F)nn2)c2ccccc21. The molecule has 1 fully saturated rings. The summed E-state index contributed by atoms with van der Waals surface area (Å²) in [7, 11) is 0. The highest BCUT2D eigenvalue weighted by Gasteiger charge is 2.38. The Morgan fingerprint density at radius 1 is 1.00 bits per heavy atom. The molecule has 0 saturated carbocycles. The Morgan fingerprint density at radius 3 is 2.62 bits per heavy atom. The average molecular weight is 607 g/mol. The van der Waals surface area contributed by atoms with Crippen LogP contribution in [0.15, 0.2) is 66.9 Å². The number of para-hydroxylation sites is 1. The van der Waals surface area contributed by atoms with E-state index in [-0.39, 0.29) is 23.2 Å². The van der Waals surface area contributed by atoms with E-state index >= 15 is 0 Å². The van der Waals surface area contributed by atoms with Crippen LogP contribution in [-0.4, -0.2) is 45.8 Å². The predicted molar refractivity (Wildman–Crippen MR) is 158 cm³/mol. The van der Waals surface area contributed by atoms with E-state index < -0.39 is 23.5 Å². The maximum atomic E-state index is 15.0. The molecule has 0 bridgehead atoms. The maximum Gasteiger partial charge on any atom is 0.239 e. The van der Waals surface area contributed by atoms with E-state index in [0.29, 0.717) is 47.4 Å². The summed E-state index contributed by atoms with van der Waals surface area (Å²) in [5, 5.41) is 12.0. The van der Waals surface area contributed by atoms with Crippen molar-refractivity contribution in [1.29, 1.82) is 0 Å². The minimum absolute atomic E-state index is 0.0404. The van der Waals surface area contributed by atoms with E-state index in [0.717, 1.165) is 11.3 Å². The van der Waals surface area contributed by atoms with Crippen molar-refractivity contribution in [2.75, 3.05) is 28.2 Å². The Bertz CT molecular complexity index is 1730. The van der Waals surface area contributed by atoms with Crippen molar-refractivity contribution in [3.63, 3.8) is 0 Å². The van der Waals surface area contributed by atoms with E-state index in [9.17, 15) is 18.8 Å². The molecular weight excluding hydrogens is 582 g/mol. The lowest BCUT2D eigenvalue weighted by Gasteiger charge is -2.33. The molecule has 214 valence electrons. The second-order valence-corrected chi connectivity index (χ2v) is 11.1. The molecule has 1 saturated heterocycles. The van der Waals surface area contributed by atoms with Crippen LogP contribution in [0.4, 0.5) is 21.5 Å². The predicted octanol–water partition coefficient (Wildman–Crippen LogP) is 5.73. The van der Waals surface area contributed by atoms with Crippen molar-refractivity contribution in [2.45, 2.75) is 25.8 Å². The van der Waals surface area contributed by atoms with Gasteiger partial charge in [0, 0.05) is 47.5 Å². The van der Waals surface area contributed by atoms with Crippen LogP contribution in [-0.2, 0) is 14.4 Å². The van der Waals surface area contributed by atoms with Crippen molar-refractivity contribution < 1.29 is 18.8 Å². The second kappa shape index (κ2) is 11.2. The highest BCUT2D eigenvalue weighted by Crippen LogP contribution is 2.37. The fraction of sp³-hybridized carbons (Fsp3) is 0.233. The van der Waals surface area contributed by atoms with Crippen LogP contribution in [0.1, 0.15) is 31.4 Å². The number of nitrogens with zero attached hydrogens (tertiary/aromatic N) is 5. The number of fused-ring (bicyclic) bond motifs is 1. The van der Waals surface area contributed by atoms with Crippen LogP contribution in [0.25, 0.3) is 11.3 Å². The third-order valence-electron chi connectivity index (χ3n) is 7.65. The number of hydrogen-bond acceptors (Lipinski definition) is 5. The molecule has 4 aromatic rings. The quantitative estimate of drug-likeness (QED) is 0.292. The monoisotopic (exact) mass is 606 g/mol. The molecule has 1 N–H and O–H groups in total. The van der Waals surface area contributed by atoms with Crippen LogP contribution >= 0.6 is 23.2 Å². The molecule has 6 rings (SSSR count). The molecule has 2 aliphatic heterocycles.